The minimum absolute atomic E-state index is 0.114. The van der Waals surface area contributed by atoms with Gasteiger partial charge in [-0.15, -0.1) is 11.3 Å². The molecule has 0 saturated heterocycles. The van der Waals surface area contributed by atoms with E-state index in [2.05, 4.69) is 0 Å². The first kappa shape index (κ1) is 11.5. The largest absolute Gasteiger partial charge is 0.497 e. The standard InChI is InChI=1S/C12H12O2S2/c1-14-9-3-2-4-10(7-9)15-12-6-5-11(8-13)16-12/h2-7,13H,8H2,1H3. The quantitative estimate of drug-likeness (QED) is 0.904. The lowest BCUT2D eigenvalue weighted by Gasteiger charge is -2.02. The van der Waals surface area contributed by atoms with Gasteiger partial charge in [-0.2, -0.15) is 0 Å². The third-order valence-electron chi connectivity index (χ3n) is 2.05. The normalized spacial score (nSPS) is 10.4. The van der Waals surface area contributed by atoms with Gasteiger partial charge >= 0.3 is 0 Å². The number of aliphatic hydroxyl groups is 1. The molecular formula is C12H12O2S2. The average molecular weight is 252 g/mol. The molecule has 16 heavy (non-hydrogen) atoms. The topological polar surface area (TPSA) is 29.5 Å². The third-order valence-corrected chi connectivity index (χ3v) is 4.24. The van der Waals surface area contributed by atoms with Crippen LogP contribution in [0.25, 0.3) is 0 Å². The van der Waals surface area contributed by atoms with E-state index < -0.39 is 0 Å². The molecule has 84 valence electrons. The minimum atomic E-state index is 0.114. The third kappa shape index (κ3) is 2.78. The summed E-state index contributed by atoms with van der Waals surface area (Å²) in [5, 5.41) is 8.98. The molecule has 1 aromatic heterocycles. The summed E-state index contributed by atoms with van der Waals surface area (Å²) in [5.74, 6) is 0.865. The Morgan fingerprint density at radius 1 is 1.31 bits per heavy atom. The zero-order valence-electron chi connectivity index (χ0n) is 8.84. The van der Waals surface area contributed by atoms with E-state index in [9.17, 15) is 0 Å². The molecule has 1 aromatic carbocycles. The fourth-order valence-electron chi connectivity index (χ4n) is 1.28. The Hall–Kier alpha value is -0.970. The van der Waals surface area contributed by atoms with E-state index in [0.717, 1.165) is 15.5 Å². The van der Waals surface area contributed by atoms with Gasteiger partial charge < -0.3 is 9.84 Å². The Kier molecular flexibility index (Phi) is 3.88. The van der Waals surface area contributed by atoms with Gasteiger partial charge in [-0.3, -0.25) is 0 Å². The molecule has 0 bridgehead atoms. The first-order valence-electron chi connectivity index (χ1n) is 4.83. The van der Waals surface area contributed by atoms with Gasteiger partial charge in [0.2, 0.25) is 0 Å². The number of aliphatic hydroxyl groups excluding tert-OH is 1. The van der Waals surface area contributed by atoms with Crippen LogP contribution < -0.4 is 4.74 Å². The lowest BCUT2D eigenvalue weighted by molar-refractivity contribution is 0.285. The molecule has 0 atom stereocenters. The minimum Gasteiger partial charge on any atom is -0.497 e. The number of methoxy groups -OCH3 is 1. The molecule has 0 aliphatic carbocycles. The zero-order chi connectivity index (χ0) is 11.4. The first-order chi connectivity index (χ1) is 7.81. The lowest BCUT2D eigenvalue weighted by Crippen LogP contribution is -1.81. The highest BCUT2D eigenvalue weighted by atomic mass is 32.2. The van der Waals surface area contributed by atoms with Gasteiger partial charge in [-0.25, -0.2) is 0 Å². The van der Waals surface area contributed by atoms with Crippen LogP contribution in [0.15, 0.2) is 45.5 Å². The van der Waals surface area contributed by atoms with Gasteiger partial charge in [0.1, 0.15) is 5.75 Å². The van der Waals surface area contributed by atoms with Gasteiger partial charge in [0.15, 0.2) is 0 Å². The van der Waals surface area contributed by atoms with Gasteiger partial charge in [-0.05, 0) is 30.3 Å². The highest BCUT2D eigenvalue weighted by Gasteiger charge is 2.02. The van der Waals surface area contributed by atoms with Crippen LogP contribution >= 0.6 is 23.1 Å². The number of hydrogen-bond donors (Lipinski definition) is 1. The van der Waals surface area contributed by atoms with E-state index in [1.165, 1.54) is 4.21 Å². The molecule has 0 aliphatic rings. The highest BCUT2D eigenvalue weighted by molar-refractivity contribution is 8.01. The molecule has 0 radical (unpaired) electrons. The Morgan fingerprint density at radius 3 is 2.88 bits per heavy atom. The summed E-state index contributed by atoms with van der Waals surface area (Å²) in [5.41, 5.74) is 0. The van der Waals surface area contributed by atoms with Crippen LogP contribution in [0.3, 0.4) is 0 Å². The first-order valence-corrected chi connectivity index (χ1v) is 6.46. The van der Waals surface area contributed by atoms with E-state index >= 15 is 0 Å². The second-order valence-corrected chi connectivity index (χ2v) is 5.70. The van der Waals surface area contributed by atoms with E-state index in [-0.39, 0.29) is 6.61 Å². The van der Waals surface area contributed by atoms with Crippen LogP contribution in [0.1, 0.15) is 4.88 Å². The van der Waals surface area contributed by atoms with Crippen LogP contribution in [-0.4, -0.2) is 12.2 Å². The van der Waals surface area contributed by atoms with Crippen molar-refractivity contribution in [2.24, 2.45) is 0 Å². The second kappa shape index (κ2) is 5.39. The Balaban J connectivity index is 2.13. The predicted molar refractivity (Wildman–Crippen MR) is 67.4 cm³/mol. The van der Waals surface area contributed by atoms with Crippen molar-refractivity contribution in [1.82, 2.24) is 0 Å². The maximum absolute atomic E-state index is 8.98. The van der Waals surface area contributed by atoms with Gasteiger partial charge in [0.25, 0.3) is 0 Å². The maximum Gasteiger partial charge on any atom is 0.119 e. The maximum atomic E-state index is 8.98. The molecule has 0 spiro atoms. The highest BCUT2D eigenvalue weighted by Crippen LogP contribution is 2.34. The molecule has 2 aromatic rings. The van der Waals surface area contributed by atoms with Crippen molar-refractivity contribution in [3.05, 3.63) is 41.3 Å². The summed E-state index contributed by atoms with van der Waals surface area (Å²) in [6, 6.07) is 11.9. The molecule has 0 amide bonds. The van der Waals surface area contributed by atoms with Crippen LogP contribution in [0.4, 0.5) is 0 Å². The summed E-state index contributed by atoms with van der Waals surface area (Å²) in [6.07, 6.45) is 0. The Labute approximate surface area is 103 Å². The molecule has 2 rings (SSSR count). The molecule has 1 heterocycles. The molecular weight excluding hydrogens is 240 g/mol. The van der Waals surface area contributed by atoms with Crippen molar-refractivity contribution >= 4 is 23.1 Å². The van der Waals surface area contributed by atoms with E-state index in [1.54, 1.807) is 30.2 Å². The number of hydrogen-bond acceptors (Lipinski definition) is 4. The van der Waals surface area contributed by atoms with Gasteiger partial charge in [-0.1, -0.05) is 17.8 Å². The average Bonchev–Trinajstić information content (AvgIpc) is 2.77. The van der Waals surface area contributed by atoms with Crippen LogP contribution in [0, 0.1) is 0 Å². The molecule has 2 nitrogen and oxygen atoms in total. The molecule has 0 saturated carbocycles. The van der Waals surface area contributed by atoms with Gasteiger partial charge in [0, 0.05) is 9.77 Å². The molecule has 0 aliphatic heterocycles. The summed E-state index contributed by atoms with van der Waals surface area (Å²) in [4.78, 5) is 2.14. The zero-order valence-corrected chi connectivity index (χ0v) is 10.5. The van der Waals surface area contributed by atoms with Crippen molar-refractivity contribution in [1.29, 1.82) is 0 Å². The van der Waals surface area contributed by atoms with E-state index in [1.807, 2.05) is 36.4 Å². The number of rotatable bonds is 4. The fourth-order valence-corrected chi connectivity index (χ4v) is 3.34. The van der Waals surface area contributed by atoms with E-state index in [0.29, 0.717) is 0 Å². The number of thiophene rings is 1. The molecule has 0 fully saturated rings. The molecule has 0 unspecified atom stereocenters. The van der Waals surface area contributed by atoms with Crippen molar-refractivity contribution in [3.63, 3.8) is 0 Å². The summed E-state index contributed by atoms with van der Waals surface area (Å²) in [6.45, 7) is 0.114. The van der Waals surface area contributed by atoms with Crippen molar-refractivity contribution in [3.8, 4) is 5.75 Å². The van der Waals surface area contributed by atoms with Crippen LogP contribution in [-0.2, 0) is 6.61 Å². The smallest absolute Gasteiger partial charge is 0.119 e. The Morgan fingerprint density at radius 2 is 2.19 bits per heavy atom. The summed E-state index contributed by atoms with van der Waals surface area (Å²) in [7, 11) is 1.67. The summed E-state index contributed by atoms with van der Waals surface area (Å²) >= 11 is 3.29. The fraction of sp³-hybridized carbons (Fsp3) is 0.167. The lowest BCUT2D eigenvalue weighted by atomic mass is 10.3. The van der Waals surface area contributed by atoms with Crippen molar-refractivity contribution in [2.45, 2.75) is 15.7 Å². The van der Waals surface area contributed by atoms with Gasteiger partial charge in [0.05, 0.1) is 17.9 Å². The molecule has 4 heteroatoms. The second-order valence-electron chi connectivity index (χ2n) is 3.16. The van der Waals surface area contributed by atoms with Crippen molar-refractivity contribution in [2.75, 3.05) is 7.11 Å². The van der Waals surface area contributed by atoms with Crippen molar-refractivity contribution < 1.29 is 9.84 Å². The SMILES string of the molecule is COc1cccc(Sc2ccc(CO)s2)c1. The summed E-state index contributed by atoms with van der Waals surface area (Å²) < 4.78 is 6.35. The number of benzene rings is 1. The van der Waals surface area contributed by atoms with E-state index in [4.69, 9.17) is 9.84 Å². The monoisotopic (exact) mass is 252 g/mol. The number of ether oxygens (including phenoxy) is 1. The van der Waals surface area contributed by atoms with Crippen LogP contribution in [0.5, 0.6) is 5.75 Å². The predicted octanol–water partition coefficient (Wildman–Crippen LogP) is 3.40. The molecule has 1 N–H and O–H groups in total. The Bertz CT molecular complexity index is 466. The van der Waals surface area contributed by atoms with Crippen LogP contribution in [0.2, 0.25) is 0 Å².